The Morgan fingerprint density at radius 2 is 2.03 bits per heavy atom. The van der Waals surface area contributed by atoms with E-state index in [1.54, 1.807) is 31.2 Å². The van der Waals surface area contributed by atoms with Gasteiger partial charge in [-0.05, 0) is 31.5 Å². The Hall–Kier alpha value is -2.58. The minimum Gasteiger partial charge on any atom is -0.497 e. The smallest absolute Gasteiger partial charge is 0.269 e. The molecule has 1 aliphatic heterocycles. The van der Waals surface area contributed by atoms with E-state index in [2.05, 4.69) is 10.00 Å². The Labute approximate surface area is 178 Å². The number of likely N-dealkylation sites (N-methyl/N-ethyl adjacent to an activating group) is 1. The van der Waals surface area contributed by atoms with Gasteiger partial charge < -0.3 is 19.1 Å². The molecule has 3 rings (SSSR count). The molecule has 2 aromatic rings. The van der Waals surface area contributed by atoms with Crippen molar-refractivity contribution in [3.63, 3.8) is 0 Å². The standard InChI is InChI=1S/C22H32N4O4/c1-24(10-12-28-2)19-14-22(27)26(23-16-19)18-6-5-9-25(17-18)11-13-30-21-8-4-7-20(15-21)29-3/h4,7-8,14-16,18H,5-6,9-13,17H2,1-3H3. The summed E-state index contributed by atoms with van der Waals surface area (Å²) in [4.78, 5) is 17.0. The number of ether oxygens (including phenoxy) is 3. The molecule has 0 N–H and O–H groups in total. The maximum absolute atomic E-state index is 12.7. The zero-order valence-corrected chi connectivity index (χ0v) is 18.1. The topological polar surface area (TPSA) is 69.1 Å². The zero-order valence-electron chi connectivity index (χ0n) is 18.1. The van der Waals surface area contributed by atoms with E-state index in [0.717, 1.165) is 49.7 Å². The van der Waals surface area contributed by atoms with Gasteiger partial charge in [-0.15, -0.1) is 0 Å². The predicted octanol–water partition coefficient (Wildman–Crippen LogP) is 2.05. The number of hydrogen-bond donors (Lipinski definition) is 0. The minimum atomic E-state index is -0.0590. The van der Waals surface area contributed by atoms with Crippen molar-refractivity contribution in [2.24, 2.45) is 0 Å². The van der Waals surface area contributed by atoms with Crippen LogP contribution in [-0.2, 0) is 4.74 Å². The Morgan fingerprint density at radius 1 is 1.20 bits per heavy atom. The molecule has 164 valence electrons. The molecule has 1 aliphatic rings. The van der Waals surface area contributed by atoms with Gasteiger partial charge in [0.25, 0.3) is 5.56 Å². The number of piperidine rings is 1. The van der Waals surface area contributed by atoms with Crippen LogP contribution < -0.4 is 19.9 Å². The Balaban J connectivity index is 1.54. The molecule has 30 heavy (non-hydrogen) atoms. The van der Waals surface area contributed by atoms with Crippen molar-refractivity contribution in [3.8, 4) is 11.5 Å². The highest BCUT2D eigenvalue weighted by atomic mass is 16.5. The first-order chi connectivity index (χ1) is 14.6. The summed E-state index contributed by atoms with van der Waals surface area (Å²) in [6, 6.07) is 9.37. The number of methoxy groups -OCH3 is 2. The molecule has 0 bridgehead atoms. The van der Waals surface area contributed by atoms with Crippen LogP contribution in [0, 0.1) is 0 Å². The molecule has 8 heteroatoms. The van der Waals surface area contributed by atoms with Gasteiger partial charge >= 0.3 is 0 Å². The molecular formula is C22H32N4O4. The number of hydrogen-bond acceptors (Lipinski definition) is 7. The van der Waals surface area contributed by atoms with Gasteiger partial charge in [-0.2, -0.15) is 5.10 Å². The van der Waals surface area contributed by atoms with Gasteiger partial charge in [-0.25, -0.2) is 4.68 Å². The van der Waals surface area contributed by atoms with Crippen LogP contribution in [0.15, 0.2) is 41.3 Å². The monoisotopic (exact) mass is 416 g/mol. The van der Waals surface area contributed by atoms with Gasteiger partial charge in [0.1, 0.15) is 18.1 Å². The molecule has 0 spiro atoms. The van der Waals surface area contributed by atoms with Gasteiger partial charge in [0.15, 0.2) is 0 Å². The molecule has 0 aliphatic carbocycles. The maximum Gasteiger partial charge on any atom is 0.269 e. The lowest BCUT2D eigenvalue weighted by Gasteiger charge is -2.33. The molecule has 0 radical (unpaired) electrons. The van der Waals surface area contributed by atoms with Crippen LogP contribution in [0.1, 0.15) is 18.9 Å². The number of anilines is 1. The van der Waals surface area contributed by atoms with E-state index in [1.165, 1.54) is 0 Å². The second-order valence-corrected chi connectivity index (χ2v) is 7.54. The lowest BCUT2D eigenvalue weighted by atomic mass is 10.1. The van der Waals surface area contributed by atoms with E-state index in [9.17, 15) is 4.79 Å². The van der Waals surface area contributed by atoms with E-state index < -0.39 is 0 Å². The van der Waals surface area contributed by atoms with Crippen molar-refractivity contribution in [2.75, 3.05) is 65.6 Å². The fourth-order valence-corrected chi connectivity index (χ4v) is 3.67. The van der Waals surface area contributed by atoms with E-state index in [-0.39, 0.29) is 11.6 Å². The highest BCUT2D eigenvalue weighted by Gasteiger charge is 2.23. The van der Waals surface area contributed by atoms with Crippen LogP contribution in [0.2, 0.25) is 0 Å². The Morgan fingerprint density at radius 3 is 2.80 bits per heavy atom. The molecule has 1 aromatic heterocycles. The van der Waals surface area contributed by atoms with Crippen LogP contribution in [0.25, 0.3) is 0 Å². The van der Waals surface area contributed by atoms with Crippen molar-refractivity contribution in [1.29, 1.82) is 0 Å². The van der Waals surface area contributed by atoms with Gasteiger partial charge in [-0.1, -0.05) is 6.07 Å². The van der Waals surface area contributed by atoms with E-state index in [1.807, 2.05) is 36.2 Å². The van der Waals surface area contributed by atoms with Gasteiger partial charge in [0, 0.05) is 45.9 Å². The summed E-state index contributed by atoms with van der Waals surface area (Å²) < 4.78 is 17.8. The number of likely N-dealkylation sites (tertiary alicyclic amines) is 1. The maximum atomic E-state index is 12.7. The first-order valence-corrected chi connectivity index (χ1v) is 10.4. The van der Waals surface area contributed by atoms with Crippen LogP contribution in [-0.4, -0.2) is 75.3 Å². The molecule has 1 aromatic carbocycles. The number of rotatable bonds is 10. The third-order valence-electron chi connectivity index (χ3n) is 5.43. The highest BCUT2D eigenvalue weighted by Crippen LogP contribution is 2.21. The van der Waals surface area contributed by atoms with Crippen molar-refractivity contribution in [1.82, 2.24) is 14.7 Å². The van der Waals surface area contributed by atoms with E-state index >= 15 is 0 Å². The summed E-state index contributed by atoms with van der Waals surface area (Å²) in [6.07, 6.45) is 3.76. The molecule has 1 fully saturated rings. The second kappa shape index (κ2) is 11.0. The van der Waals surface area contributed by atoms with Crippen LogP contribution in [0.5, 0.6) is 11.5 Å². The normalized spacial score (nSPS) is 17.0. The summed E-state index contributed by atoms with van der Waals surface area (Å²) in [5.74, 6) is 1.58. The number of nitrogens with zero attached hydrogens (tertiary/aromatic N) is 4. The fraction of sp³-hybridized carbons (Fsp3) is 0.545. The Kier molecular flexibility index (Phi) is 8.10. The van der Waals surface area contributed by atoms with Crippen molar-refractivity contribution in [3.05, 3.63) is 46.9 Å². The molecule has 0 saturated carbocycles. The number of aromatic nitrogens is 2. The Bertz CT molecular complexity index is 857. The van der Waals surface area contributed by atoms with Crippen molar-refractivity contribution >= 4 is 5.69 Å². The van der Waals surface area contributed by atoms with Crippen LogP contribution in [0.4, 0.5) is 5.69 Å². The van der Waals surface area contributed by atoms with E-state index in [0.29, 0.717) is 19.8 Å². The molecule has 1 atom stereocenters. The first kappa shape index (κ1) is 22.1. The minimum absolute atomic E-state index is 0.0590. The molecule has 8 nitrogen and oxygen atoms in total. The SMILES string of the molecule is COCCN(C)c1cnn(C2CCCN(CCOc3cccc(OC)c3)C2)c(=O)c1. The molecular weight excluding hydrogens is 384 g/mol. The quantitative estimate of drug-likeness (QED) is 0.587. The molecule has 0 amide bonds. The highest BCUT2D eigenvalue weighted by molar-refractivity contribution is 5.41. The fourth-order valence-electron chi connectivity index (χ4n) is 3.67. The average molecular weight is 417 g/mol. The number of benzene rings is 1. The lowest BCUT2D eigenvalue weighted by Crippen LogP contribution is -2.42. The van der Waals surface area contributed by atoms with E-state index in [4.69, 9.17) is 14.2 Å². The molecule has 2 heterocycles. The molecule has 1 unspecified atom stereocenters. The first-order valence-electron chi connectivity index (χ1n) is 10.4. The van der Waals surface area contributed by atoms with Crippen LogP contribution >= 0.6 is 0 Å². The van der Waals surface area contributed by atoms with Gasteiger partial charge in [0.05, 0.1) is 31.6 Å². The zero-order chi connectivity index (χ0) is 21.3. The predicted molar refractivity (Wildman–Crippen MR) is 117 cm³/mol. The third-order valence-corrected chi connectivity index (χ3v) is 5.43. The summed E-state index contributed by atoms with van der Waals surface area (Å²) in [6.45, 7) is 4.52. The summed E-state index contributed by atoms with van der Waals surface area (Å²) in [7, 11) is 5.25. The average Bonchev–Trinajstić information content (AvgIpc) is 2.77. The summed E-state index contributed by atoms with van der Waals surface area (Å²) in [5, 5.41) is 4.46. The third kappa shape index (κ3) is 5.96. The summed E-state index contributed by atoms with van der Waals surface area (Å²) in [5.41, 5.74) is 0.754. The second-order valence-electron chi connectivity index (χ2n) is 7.54. The summed E-state index contributed by atoms with van der Waals surface area (Å²) >= 11 is 0. The van der Waals surface area contributed by atoms with Crippen molar-refractivity contribution in [2.45, 2.75) is 18.9 Å². The molecule has 1 saturated heterocycles. The van der Waals surface area contributed by atoms with Gasteiger partial charge in [-0.3, -0.25) is 9.69 Å². The van der Waals surface area contributed by atoms with Crippen molar-refractivity contribution < 1.29 is 14.2 Å². The largest absolute Gasteiger partial charge is 0.497 e. The van der Waals surface area contributed by atoms with Gasteiger partial charge in [0.2, 0.25) is 0 Å². The lowest BCUT2D eigenvalue weighted by molar-refractivity contribution is 0.142. The van der Waals surface area contributed by atoms with Crippen LogP contribution in [0.3, 0.4) is 0 Å².